The van der Waals surface area contributed by atoms with Gasteiger partial charge in [0.05, 0.1) is 11.1 Å². The van der Waals surface area contributed by atoms with Crippen LogP contribution in [0.15, 0.2) is 22.7 Å². The van der Waals surface area contributed by atoms with E-state index in [1.165, 1.54) is 0 Å². The second-order valence-electron chi connectivity index (χ2n) is 3.68. The first-order valence-electron chi connectivity index (χ1n) is 4.08. The van der Waals surface area contributed by atoms with Gasteiger partial charge >= 0.3 is 0 Å². The first kappa shape index (κ1) is 10.5. The van der Waals surface area contributed by atoms with Gasteiger partial charge in [-0.1, -0.05) is 26.0 Å². The first-order valence-corrected chi connectivity index (χ1v) is 4.87. The predicted molar refractivity (Wildman–Crippen MR) is 55.9 cm³/mol. The molecule has 0 unspecified atom stereocenters. The molecular weight excluding hydrogens is 232 g/mol. The van der Waals surface area contributed by atoms with Gasteiger partial charge in [0.2, 0.25) is 0 Å². The van der Waals surface area contributed by atoms with Crippen molar-refractivity contribution in [1.29, 1.82) is 0 Å². The lowest BCUT2D eigenvalue weighted by Gasteiger charge is -2.23. The summed E-state index contributed by atoms with van der Waals surface area (Å²) in [5.41, 5.74) is 0.345. The Labute approximate surface area is 86.3 Å². The van der Waals surface area contributed by atoms with Crippen molar-refractivity contribution in [2.24, 2.45) is 0 Å². The zero-order valence-corrected chi connectivity index (χ0v) is 9.30. The molecule has 3 heteroatoms. The van der Waals surface area contributed by atoms with Crippen LogP contribution < -0.4 is 0 Å². The van der Waals surface area contributed by atoms with E-state index >= 15 is 0 Å². The van der Waals surface area contributed by atoms with Crippen LogP contribution in [-0.4, -0.2) is 16.8 Å². The van der Waals surface area contributed by atoms with E-state index in [2.05, 4.69) is 15.9 Å². The number of benzene rings is 1. The van der Waals surface area contributed by atoms with Crippen LogP contribution in [0, 0.1) is 0 Å². The number of aliphatic hydroxyl groups excluding tert-OH is 1. The monoisotopic (exact) mass is 244 g/mol. The molecule has 2 N–H and O–H groups in total. The van der Waals surface area contributed by atoms with Crippen LogP contribution in [0.5, 0.6) is 5.75 Å². The summed E-state index contributed by atoms with van der Waals surface area (Å²) in [4.78, 5) is 0. The fourth-order valence-corrected chi connectivity index (χ4v) is 1.51. The lowest BCUT2D eigenvalue weighted by molar-refractivity contribution is 0.215. The van der Waals surface area contributed by atoms with Gasteiger partial charge in [-0.05, 0) is 22.0 Å². The van der Waals surface area contributed by atoms with E-state index in [0.29, 0.717) is 4.47 Å². The molecule has 0 saturated carbocycles. The topological polar surface area (TPSA) is 40.5 Å². The second kappa shape index (κ2) is 3.68. The summed E-state index contributed by atoms with van der Waals surface area (Å²) < 4.78 is 0.659. The van der Waals surface area contributed by atoms with Crippen LogP contribution in [0.25, 0.3) is 0 Å². The van der Waals surface area contributed by atoms with Gasteiger partial charge in [0.25, 0.3) is 0 Å². The molecule has 0 amide bonds. The van der Waals surface area contributed by atoms with Crippen molar-refractivity contribution < 1.29 is 10.2 Å². The number of phenols is 1. The Morgan fingerprint density at radius 2 is 2.00 bits per heavy atom. The van der Waals surface area contributed by atoms with Crippen molar-refractivity contribution in [2.45, 2.75) is 19.3 Å². The number of halogens is 1. The number of aromatic hydroxyl groups is 1. The van der Waals surface area contributed by atoms with Gasteiger partial charge in [-0.3, -0.25) is 0 Å². The van der Waals surface area contributed by atoms with Crippen molar-refractivity contribution in [2.75, 3.05) is 6.61 Å². The lowest BCUT2D eigenvalue weighted by atomic mass is 9.85. The van der Waals surface area contributed by atoms with E-state index in [4.69, 9.17) is 5.11 Å². The zero-order chi connectivity index (χ0) is 10.1. The highest BCUT2D eigenvalue weighted by Gasteiger charge is 2.23. The molecule has 0 fully saturated rings. The third-order valence-corrected chi connectivity index (χ3v) is 2.75. The summed E-state index contributed by atoms with van der Waals surface area (Å²) in [6, 6.07) is 5.43. The highest BCUT2D eigenvalue weighted by molar-refractivity contribution is 9.10. The van der Waals surface area contributed by atoms with E-state index in [9.17, 15) is 5.11 Å². The smallest absolute Gasteiger partial charge is 0.133 e. The minimum atomic E-state index is -0.409. The van der Waals surface area contributed by atoms with Crippen molar-refractivity contribution in [3.8, 4) is 5.75 Å². The van der Waals surface area contributed by atoms with Gasteiger partial charge in [0, 0.05) is 11.0 Å². The van der Waals surface area contributed by atoms with Crippen molar-refractivity contribution in [3.63, 3.8) is 0 Å². The summed E-state index contributed by atoms with van der Waals surface area (Å²) in [6.45, 7) is 3.78. The molecular formula is C10H13BrO2. The minimum absolute atomic E-state index is 0.0109. The van der Waals surface area contributed by atoms with Crippen LogP contribution in [0.2, 0.25) is 0 Å². The van der Waals surface area contributed by atoms with Crippen LogP contribution >= 0.6 is 15.9 Å². The molecule has 0 aliphatic heterocycles. The molecule has 0 aromatic heterocycles. The third-order valence-electron chi connectivity index (χ3n) is 2.11. The normalized spacial score (nSPS) is 11.7. The summed E-state index contributed by atoms with van der Waals surface area (Å²) >= 11 is 3.24. The molecule has 1 aromatic rings. The van der Waals surface area contributed by atoms with Crippen molar-refractivity contribution in [1.82, 2.24) is 0 Å². The summed E-state index contributed by atoms with van der Waals surface area (Å²) in [6.07, 6.45) is 0. The molecule has 0 spiro atoms. The Bertz CT molecular complexity index is 308. The number of hydrogen-bond acceptors (Lipinski definition) is 2. The van der Waals surface area contributed by atoms with E-state index in [-0.39, 0.29) is 12.4 Å². The maximum atomic E-state index is 9.71. The van der Waals surface area contributed by atoms with Crippen LogP contribution in [0.4, 0.5) is 0 Å². The van der Waals surface area contributed by atoms with E-state index in [1.807, 2.05) is 26.0 Å². The molecule has 2 nitrogen and oxygen atoms in total. The number of aliphatic hydroxyl groups is 1. The van der Waals surface area contributed by atoms with Crippen LogP contribution in [0.1, 0.15) is 19.4 Å². The maximum absolute atomic E-state index is 9.71. The Balaban J connectivity index is 3.22. The maximum Gasteiger partial charge on any atom is 0.133 e. The average molecular weight is 245 g/mol. The Morgan fingerprint density at radius 1 is 1.38 bits per heavy atom. The number of para-hydroxylation sites is 1. The zero-order valence-electron chi connectivity index (χ0n) is 7.71. The standard InChI is InChI=1S/C10H13BrO2/c1-10(2,6-12)7-4-3-5-8(11)9(7)13/h3-5,12-13H,6H2,1-2H3. The molecule has 0 heterocycles. The summed E-state index contributed by atoms with van der Waals surface area (Å²) in [5, 5.41) is 18.8. The molecule has 1 aromatic carbocycles. The molecule has 0 atom stereocenters. The average Bonchev–Trinajstić information content (AvgIpc) is 2.09. The molecule has 0 aliphatic rings. The van der Waals surface area contributed by atoms with Gasteiger partial charge in [-0.25, -0.2) is 0 Å². The summed E-state index contributed by atoms with van der Waals surface area (Å²) in [5.74, 6) is 0.210. The molecule has 0 saturated heterocycles. The highest BCUT2D eigenvalue weighted by atomic mass is 79.9. The summed E-state index contributed by atoms with van der Waals surface area (Å²) in [7, 11) is 0. The van der Waals surface area contributed by atoms with Crippen LogP contribution in [0.3, 0.4) is 0 Å². The third kappa shape index (κ3) is 2.03. The van der Waals surface area contributed by atoms with Gasteiger partial charge < -0.3 is 10.2 Å². The Hall–Kier alpha value is -0.540. The van der Waals surface area contributed by atoms with Crippen LogP contribution in [-0.2, 0) is 5.41 Å². The molecule has 72 valence electrons. The highest BCUT2D eigenvalue weighted by Crippen LogP contribution is 2.35. The quantitative estimate of drug-likeness (QED) is 0.840. The van der Waals surface area contributed by atoms with E-state index in [0.717, 1.165) is 5.56 Å². The van der Waals surface area contributed by atoms with Gasteiger partial charge in [-0.15, -0.1) is 0 Å². The number of hydrogen-bond donors (Lipinski definition) is 2. The molecule has 13 heavy (non-hydrogen) atoms. The number of rotatable bonds is 2. The molecule has 0 radical (unpaired) electrons. The van der Waals surface area contributed by atoms with Crippen molar-refractivity contribution in [3.05, 3.63) is 28.2 Å². The molecule has 0 bridgehead atoms. The second-order valence-corrected chi connectivity index (χ2v) is 4.53. The fraction of sp³-hybridized carbons (Fsp3) is 0.400. The van der Waals surface area contributed by atoms with E-state index < -0.39 is 5.41 Å². The first-order chi connectivity index (χ1) is 5.99. The largest absolute Gasteiger partial charge is 0.506 e. The molecule has 1 rings (SSSR count). The van der Waals surface area contributed by atoms with Crippen molar-refractivity contribution >= 4 is 15.9 Å². The predicted octanol–water partition coefficient (Wildman–Crippen LogP) is 2.42. The van der Waals surface area contributed by atoms with Gasteiger partial charge in [0.15, 0.2) is 0 Å². The Morgan fingerprint density at radius 3 is 2.54 bits per heavy atom. The lowest BCUT2D eigenvalue weighted by Crippen LogP contribution is -2.22. The fourth-order valence-electron chi connectivity index (χ4n) is 1.15. The Kier molecular flexibility index (Phi) is 2.98. The number of phenolic OH excluding ortho intramolecular Hbond substituents is 1. The van der Waals surface area contributed by atoms with E-state index in [1.54, 1.807) is 6.07 Å². The molecule has 0 aliphatic carbocycles. The minimum Gasteiger partial charge on any atom is -0.506 e. The van der Waals surface area contributed by atoms with Gasteiger partial charge in [-0.2, -0.15) is 0 Å². The SMILES string of the molecule is CC(C)(CO)c1cccc(Br)c1O. The van der Waals surface area contributed by atoms with Gasteiger partial charge in [0.1, 0.15) is 5.75 Å².